The van der Waals surface area contributed by atoms with E-state index in [4.69, 9.17) is 16.0 Å². The summed E-state index contributed by atoms with van der Waals surface area (Å²) in [6.45, 7) is 0.813. The number of nitrogens with zero attached hydrogens (tertiary/aromatic N) is 4. The molecule has 1 aliphatic rings. The summed E-state index contributed by atoms with van der Waals surface area (Å²) in [4.78, 5) is 8.41. The van der Waals surface area contributed by atoms with Gasteiger partial charge in [-0.3, -0.25) is 0 Å². The van der Waals surface area contributed by atoms with E-state index in [2.05, 4.69) is 9.97 Å². The van der Waals surface area contributed by atoms with Crippen LogP contribution in [0.15, 0.2) is 52.4 Å². The van der Waals surface area contributed by atoms with E-state index in [9.17, 15) is 8.42 Å². The number of aryl methyl sites for hydroxylation is 1. The van der Waals surface area contributed by atoms with Crippen molar-refractivity contribution >= 4 is 21.6 Å². The van der Waals surface area contributed by atoms with Crippen molar-refractivity contribution < 1.29 is 12.8 Å². The molecule has 1 saturated heterocycles. The molecule has 7 nitrogen and oxygen atoms in total. The number of piperidine rings is 1. The zero-order chi connectivity index (χ0) is 19.7. The number of sulfonamides is 1. The van der Waals surface area contributed by atoms with Crippen LogP contribution in [0.5, 0.6) is 0 Å². The Hall–Kier alpha value is -2.16. The summed E-state index contributed by atoms with van der Waals surface area (Å²) in [6, 6.07) is 7.61. The second-order valence-corrected chi connectivity index (χ2v) is 9.30. The van der Waals surface area contributed by atoms with Gasteiger partial charge < -0.3 is 8.98 Å². The van der Waals surface area contributed by atoms with Gasteiger partial charge in [0.2, 0.25) is 0 Å². The molecule has 1 atom stereocenters. The molecule has 1 aliphatic heterocycles. The molecule has 9 heteroatoms. The lowest BCUT2D eigenvalue weighted by Crippen LogP contribution is -2.39. The van der Waals surface area contributed by atoms with Crippen molar-refractivity contribution in [3.05, 3.63) is 65.2 Å². The number of imidazole rings is 1. The number of aromatic nitrogens is 3. The maximum atomic E-state index is 12.8. The molecular formula is C19H21ClN4O3S. The van der Waals surface area contributed by atoms with Crippen LogP contribution in [0.2, 0.25) is 5.02 Å². The average molecular weight is 421 g/mol. The SMILES string of the molecule is Cn1cnc(S(=O)(=O)N2CCC[C@H](c3ncc(Cc4ccccc4Cl)o3)C2)c1. The summed E-state index contributed by atoms with van der Waals surface area (Å²) in [7, 11) is -1.87. The van der Waals surface area contributed by atoms with E-state index >= 15 is 0 Å². The van der Waals surface area contributed by atoms with Crippen molar-refractivity contribution in [2.24, 2.45) is 7.05 Å². The van der Waals surface area contributed by atoms with E-state index in [-0.39, 0.29) is 10.9 Å². The van der Waals surface area contributed by atoms with Crippen LogP contribution >= 0.6 is 11.6 Å². The third kappa shape index (κ3) is 3.85. The third-order valence-electron chi connectivity index (χ3n) is 4.91. The van der Waals surface area contributed by atoms with Crippen molar-refractivity contribution in [2.75, 3.05) is 13.1 Å². The van der Waals surface area contributed by atoms with Gasteiger partial charge in [-0.2, -0.15) is 4.31 Å². The fraction of sp³-hybridized carbons (Fsp3) is 0.368. The highest BCUT2D eigenvalue weighted by Gasteiger charge is 2.34. The number of benzene rings is 1. The van der Waals surface area contributed by atoms with Crippen LogP contribution in [0.1, 0.15) is 36.0 Å². The third-order valence-corrected chi connectivity index (χ3v) is 7.03. The minimum absolute atomic E-state index is 0.0717. The molecule has 0 spiro atoms. The summed E-state index contributed by atoms with van der Waals surface area (Å²) in [6.07, 6.45) is 6.84. The highest BCUT2D eigenvalue weighted by molar-refractivity contribution is 7.89. The standard InChI is InChI=1S/C19H21ClN4O3S/c1-23-12-18(22-13-23)28(25,26)24-8-4-6-15(11-24)19-21-10-16(27-19)9-14-5-2-3-7-17(14)20/h2-3,5,7,10,12-13,15H,4,6,8-9,11H2,1H3/t15-/m0/s1. The molecule has 0 bridgehead atoms. The molecule has 0 unspecified atom stereocenters. The fourth-order valence-electron chi connectivity index (χ4n) is 3.44. The molecule has 2 aromatic heterocycles. The van der Waals surface area contributed by atoms with Gasteiger partial charge in [-0.1, -0.05) is 29.8 Å². The molecule has 148 valence electrons. The van der Waals surface area contributed by atoms with E-state index in [0.717, 1.165) is 18.4 Å². The summed E-state index contributed by atoms with van der Waals surface area (Å²) in [5.74, 6) is 1.21. The largest absolute Gasteiger partial charge is 0.445 e. The van der Waals surface area contributed by atoms with Gasteiger partial charge in [-0.25, -0.2) is 18.4 Å². The monoisotopic (exact) mass is 420 g/mol. The summed E-state index contributed by atoms with van der Waals surface area (Å²) < 4.78 is 34.7. The normalized spacial score (nSPS) is 18.4. The Morgan fingerprint density at radius 1 is 1.29 bits per heavy atom. The summed E-state index contributed by atoms with van der Waals surface area (Å²) in [5.41, 5.74) is 0.967. The molecule has 0 saturated carbocycles. The van der Waals surface area contributed by atoms with Crippen LogP contribution in [-0.2, 0) is 23.5 Å². The zero-order valence-corrected chi connectivity index (χ0v) is 17.0. The van der Waals surface area contributed by atoms with Gasteiger partial charge in [-0.05, 0) is 24.5 Å². The molecule has 4 rings (SSSR count). The first kappa shape index (κ1) is 19.2. The molecular weight excluding hydrogens is 400 g/mol. The lowest BCUT2D eigenvalue weighted by molar-refractivity contribution is 0.281. The highest BCUT2D eigenvalue weighted by Crippen LogP contribution is 2.30. The molecule has 3 aromatic rings. The van der Waals surface area contributed by atoms with E-state index in [0.29, 0.717) is 36.2 Å². The van der Waals surface area contributed by atoms with E-state index < -0.39 is 10.0 Å². The number of hydrogen-bond donors (Lipinski definition) is 0. The Labute approximate surface area is 169 Å². The lowest BCUT2D eigenvalue weighted by atomic mass is 10.00. The van der Waals surface area contributed by atoms with Gasteiger partial charge in [0.15, 0.2) is 10.9 Å². The Balaban J connectivity index is 1.49. The minimum atomic E-state index is -3.61. The second-order valence-electron chi connectivity index (χ2n) is 7.01. The van der Waals surface area contributed by atoms with Crippen LogP contribution in [0.4, 0.5) is 0 Å². The van der Waals surface area contributed by atoms with Gasteiger partial charge in [-0.15, -0.1) is 0 Å². The molecule has 0 radical (unpaired) electrons. The predicted molar refractivity (Wildman–Crippen MR) is 105 cm³/mol. The number of hydrogen-bond acceptors (Lipinski definition) is 5. The van der Waals surface area contributed by atoms with Crippen LogP contribution in [-0.4, -0.2) is 40.3 Å². The lowest BCUT2D eigenvalue weighted by Gasteiger charge is -2.29. The molecule has 0 amide bonds. The van der Waals surface area contributed by atoms with Crippen molar-refractivity contribution in [3.8, 4) is 0 Å². The zero-order valence-electron chi connectivity index (χ0n) is 15.5. The van der Waals surface area contributed by atoms with Gasteiger partial charge in [0.1, 0.15) is 5.76 Å². The maximum absolute atomic E-state index is 12.8. The summed E-state index contributed by atoms with van der Waals surface area (Å²) >= 11 is 6.22. The van der Waals surface area contributed by atoms with Gasteiger partial charge in [0, 0.05) is 43.7 Å². The Morgan fingerprint density at radius 3 is 2.86 bits per heavy atom. The van der Waals surface area contributed by atoms with Gasteiger partial charge in [0.05, 0.1) is 12.5 Å². The maximum Gasteiger partial charge on any atom is 0.262 e. The summed E-state index contributed by atoms with van der Waals surface area (Å²) in [5, 5.41) is 0.758. The first-order valence-corrected chi connectivity index (χ1v) is 10.9. The molecule has 3 heterocycles. The number of oxazole rings is 1. The first-order chi connectivity index (χ1) is 13.4. The Morgan fingerprint density at radius 2 is 2.11 bits per heavy atom. The van der Waals surface area contributed by atoms with Crippen LogP contribution in [0, 0.1) is 0 Å². The molecule has 0 N–H and O–H groups in total. The Bertz CT molecular complexity index is 1080. The highest BCUT2D eigenvalue weighted by atomic mass is 35.5. The average Bonchev–Trinajstić information content (AvgIpc) is 3.33. The molecule has 1 aromatic carbocycles. The van der Waals surface area contributed by atoms with Crippen molar-refractivity contribution in [1.82, 2.24) is 18.8 Å². The first-order valence-electron chi connectivity index (χ1n) is 9.09. The van der Waals surface area contributed by atoms with Crippen LogP contribution in [0.3, 0.4) is 0 Å². The van der Waals surface area contributed by atoms with E-state index in [1.165, 1.54) is 16.8 Å². The van der Waals surface area contributed by atoms with E-state index in [1.807, 2.05) is 24.3 Å². The number of halogens is 1. The number of rotatable bonds is 5. The van der Waals surface area contributed by atoms with Gasteiger partial charge in [0.25, 0.3) is 10.0 Å². The topological polar surface area (TPSA) is 81.2 Å². The van der Waals surface area contributed by atoms with E-state index in [1.54, 1.807) is 17.8 Å². The van der Waals surface area contributed by atoms with Crippen molar-refractivity contribution in [1.29, 1.82) is 0 Å². The smallest absolute Gasteiger partial charge is 0.262 e. The second kappa shape index (κ2) is 7.69. The fourth-order valence-corrected chi connectivity index (χ4v) is 5.13. The quantitative estimate of drug-likeness (QED) is 0.633. The van der Waals surface area contributed by atoms with Gasteiger partial charge >= 0.3 is 0 Å². The van der Waals surface area contributed by atoms with Crippen molar-refractivity contribution in [2.45, 2.75) is 30.2 Å². The Kier molecular flexibility index (Phi) is 5.27. The van der Waals surface area contributed by atoms with Crippen molar-refractivity contribution in [3.63, 3.8) is 0 Å². The molecule has 28 heavy (non-hydrogen) atoms. The van der Waals surface area contributed by atoms with Crippen LogP contribution < -0.4 is 0 Å². The molecule has 1 fully saturated rings. The minimum Gasteiger partial charge on any atom is -0.445 e. The predicted octanol–water partition coefficient (Wildman–Crippen LogP) is 3.22. The van der Waals surface area contributed by atoms with Crippen LogP contribution in [0.25, 0.3) is 0 Å². The molecule has 0 aliphatic carbocycles.